The second-order valence-corrected chi connectivity index (χ2v) is 9.20. The summed E-state index contributed by atoms with van der Waals surface area (Å²) in [5, 5.41) is 8.76. The van der Waals surface area contributed by atoms with Crippen LogP contribution in [0, 0.1) is 0 Å². The summed E-state index contributed by atoms with van der Waals surface area (Å²) in [6.45, 7) is 0. The van der Waals surface area contributed by atoms with Crippen LogP contribution in [0.2, 0.25) is 5.02 Å². The maximum atomic E-state index is 13.1. The molecule has 1 heterocycles. The number of aryl methyl sites for hydroxylation is 1. The first-order valence-corrected chi connectivity index (χ1v) is 11.4. The molecular weight excluding hydrogens is 469 g/mol. The highest BCUT2D eigenvalue weighted by Crippen LogP contribution is 2.36. The fourth-order valence-electron chi connectivity index (χ4n) is 4.45. The summed E-state index contributed by atoms with van der Waals surface area (Å²) in [6, 6.07) is 8.21. The van der Waals surface area contributed by atoms with Crippen molar-refractivity contribution in [2.24, 2.45) is 0 Å². The largest absolute Gasteiger partial charge is 0.417 e. The number of anilines is 1. The highest BCUT2D eigenvalue weighted by atomic mass is 35.5. The lowest BCUT2D eigenvalue weighted by molar-refractivity contribution is -0.137. The van der Waals surface area contributed by atoms with Gasteiger partial charge in [0.25, 0.3) is 5.91 Å². The Morgan fingerprint density at radius 3 is 2.56 bits per heavy atom. The van der Waals surface area contributed by atoms with Gasteiger partial charge in [-0.15, -0.1) is 0 Å². The smallest absolute Gasteiger partial charge is 0.358 e. The van der Waals surface area contributed by atoms with Gasteiger partial charge < -0.3 is 20.9 Å². The van der Waals surface area contributed by atoms with Gasteiger partial charge in [0.15, 0.2) is 0 Å². The van der Waals surface area contributed by atoms with Crippen LogP contribution in [0.3, 0.4) is 0 Å². The van der Waals surface area contributed by atoms with E-state index in [0.29, 0.717) is 24.8 Å². The summed E-state index contributed by atoms with van der Waals surface area (Å²) in [7, 11) is 0. The Morgan fingerprint density at radius 1 is 1.03 bits per heavy atom. The van der Waals surface area contributed by atoms with Crippen LogP contribution >= 0.6 is 11.6 Å². The van der Waals surface area contributed by atoms with Crippen molar-refractivity contribution in [3.8, 4) is 0 Å². The van der Waals surface area contributed by atoms with Crippen LogP contribution in [0.5, 0.6) is 0 Å². The Labute approximate surface area is 198 Å². The first kappa shape index (κ1) is 22.6. The molecule has 2 aromatic carbocycles. The van der Waals surface area contributed by atoms with Crippen molar-refractivity contribution in [2.45, 2.75) is 50.4 Å². The third kappa shape index (κ3) is 4.57. The number of aromatic amines is 1. The van der Waals surface area contributed by atoms with Crippen LogP contribution in [0.25, 0.3) is 10.9 Å². The molecular formula is C24H22ClF3N4O2. The minimum absolute atomic E-state index is 0.00292. The zero-order valence-corrected chi connectivity index (χ0v) is 18.7. The first-order valence-electron chi connectivity index (χ1n) is 11.1. The number of rotatable bonds is 4. The highest BCUT2D eigenvalue weighted by molar-refractivity contribution is 6.31. The summed E-state index contributed by atoms with van der Waals surface area (Å²) in [4.78, 5) is 28.7. The molecule has 1 unspecified atom stereocenters. The molecule has 10 heteroatoms. The number of nitrogens with one attached hydrogen (secondary N) is 4. The van der Waals surface area contributed by atoms with Crippen LogP contribution in [-0.4, -0.2) is 29.0 Å². The molecule has 1 atom stereocenters. The van der Waals surface area contributed by atoms with Gasteiger partial charge in [-0.25, -0.2) is 4.79 Å². The van der Waals surface area contributed by atoms with E-state index in [0.717, 1.165) is 47.1 Å². The van der Waals surface area contributed by atoms with E-state index in [1.165, 1.54) is 6.07 Å². The van der Waals surface area contributed by atoms with Gasteiger partial charge in [0, 0.05) is 39.9 Å². The summed E-state index contributed by atoms with van der Waals surface area (Å²) < 4.78 is 39.3. The zero-order valence-electron chi connectivity index (χ0n) is 18.0. The number of carbonyl (C=O) groups excluding carboxylic acids is 2. The molecule has 34 heavy (non-hydrogen) atoms. The van der Waals surface area contributed by atoms with Crippen molar-refractivity contribution < 1.29 is 22.8 Å². The Kier molecular flexibility index (Phi) is 5.67. The van der Waals surface area contributed by atoms with Gasteiger partial charge in [0.2, 0.25) is 0 Å². The molecule has 0 radical (unpaired) electrons. The lowest BCUT2D eigenvalue weighted by Crippen LogP contribution is -2.41. The molecule has 1 saturated carbocycles. The van der Waals surface area contributed by atoms with Gasteiger partial charge in [-0.05, 0) is 68.0 Å². The van der Waals surface area contributed by atoms with Crippen LogP contribution in [0.1, 0.15) is 46.4 Å². The molecule has 0 bridgehead atoms. The third-order valence-electron chi connectivity index (χ3n) is 6.23. The zero-order chi connectivity index (χ0) is 24.0. The topological polar surface area (TPSA) is 86.0 Å². The molecule has 178 valence electrons. The number of hydrogen-bond donors (Lipinski definition) is 4. The van der Waals surface area contributed by atoms with Crippen LogP contribution in [0.4, 0.5) is 23.7 Å². The molecule has 2 aliphatic carbocycles. The monoisotopic (exact) mass is 490 g/mol. The van der Waals surface area contributed by atoms with Crippen molar-refractivity contribution in [3.05, 3.63) is 63.8 Å². The molecule has 4 N–H and O–H groups in total. The van der Waals surface area contributed by atoms with E-state index in [-0.39, 0.29) is 23.7 Å². The summed E-state index contributed by atoms with van der Waals surface area (Å²) >= 11 is 5.64. The molecule has 2 aliphatic rings. The lowest BCUT2D eigenvalue weighted by atomic mass is 9.90. The van der Waals surface area contributed by atoms with E-state index in [4.69, 9.17) is 11.6 Å². The SMILES string of the molecule is O=C(Nc1ccc(Cl)c(C(F)(F)F)c1)NC1CCc2[nH]c3cccc(C(=O)NC4CC4)c3c2C1. The average molecular weight is 491 g/mol. The number of halogens is 4. The van der Waals surface area contributed by atoms with Gasteiger partial charge in [0.1, 0.15) is 0 Å². The normalized spacial score (nSPS) is 17.8. The van der Waals surface area contributed by atoms with Gasteiger partial charge >= 0.3 is 12.2 Å². The van der Waals surface area contributed by atoms with E-state index in [9.17, 15) is 22.8 Å². The first-order chi connectivity index (χ1) is 16.2. The van der Waals surface area contributed by atoms with Crippen LogP contribution < -0.4 is 16.0 Å². The fourth-order valence-corrected chi connectivity index (χ4v) is 4.68. The number of hydrogen-bond acceptors (Lipinski definition) is 2. The highest BCUT2D eigenvalue weighted by Gasteiger charge is 2.34. The second kappa shape index (κ2) is 8.54. The average Bonchev–Trinajstić information content (AvgIpc) is 3.51. The molecule has 0 saturated heterocycles. The molecule has 6 nitrogen and oxygen atoms in total. The van der Waals surface area contributed by atoms with Crippen LogP contribution in [0.15, 0.2) is 36.4 Å². The summed E-state index contributed by atoms with van der Waals surface area (Å²) in [5.74, 6) is -0.106. The van der Waals surface area contributed by atoms with Gasteiger partial charge in [0.05, 0.1) is 10.6 Å². The van der Waals surface area contributed by atoms with Gasteiger partial charge in [-0.2, -0.15) is 13.2 Å². The predicted octanol–water partition coefficient (Wildman–Crippen LogP) is 5.41. The maximum absolute atomic E-state index is 13.1. The predicted molar refractivity (Wildman–Crippen MR) is 123 cm³/mol. The summed E-state index contributed by atoms with van der Waals surface area (Å²) in [5.41, 5.74) is 2.49. The maximum Gasteiger partial charge on any atom is 0.417 e. The number of alkyl halides is 3. The number of fused-ring (bicyclic) bond motifs is 3. The number of carbonyl (C=O) groups is 2. The lowest BCUT2D eigenvalue weighted by Gasteiger charge is -2.24. The van der Waals surface area contributed by atoms with E-state index in [1.807, 2.05) is 12.1 Å². The Morgan fingerprint density at radius 2 is 1.82 bits per heavy atom. The van der Waals surface area contributed by atoms with Crippen molar-refractivity contribution in [1.82, 2.24) is 15.6 Å². The molecule has 0 aliphatic heterocycles. The summed E-state index contributed by atoms with van der Waals surface area (Å²) in [6.07, 6.45) is -0.796. The Balaban J connectivity index is 1.32. The number of benzene rings is 2. The standard InChI is InChI=1S/C24H22ClF3N4O2/c25-18-8-6-14(11-17(18)24(26,27)28)31-23(34)30-13-7-9-19-16(10-13)21-15(2-1-3-20(21)32-19)22(33)29-12-4-5-12/h1-3,6,8,11-13,32H,4-5,7,9-10H2,(H,29,33)(H2,30,31,34). The quantitative estimate of drug-likeness (QED) is 0.394. The molecule has 1 fully saturated rings. The number of urea groups is 1. The van der Waals surface area contributed by atoms with Crippen LogP contribution in [-0.2, 0) is 19.0 Å². The van der Waals surface area contributed by atoms with Gasteiger partial charge in [-0.3, -0.25) is 4.79 Å². The Hall–Kier alpha value is -3.20. The van der Waals surface area contributed by atoms with E-state index < -0.39 is 22.8 Å². The molecule has 3 amide bonds. The van der Waals surface area contributed by atoms with E-state index >= 15 is 0 Å². The van der Waals surface area contributed by atoms with E-state index in [2.05, 4.69) is 20.9 Å². The van der Waals surface area contributed by atoms with Crippen molar-refractivity contribution >= 4 is 40.1 Å². The number of amides is 3. The minimum atomic E-state index is -4.62. The molecule has 1 aromatic heterocycles. The number of H-pyrrole nitrogens is 1. The molecule has 3 aromatic rings. The minimum Gasteiger partial charge on any atom is -0.358 e. The Bertz CT molecular complexity index is 1280. The third-order valence-corrected chi connectivity index (χ3v) is 6.56. The van der Waals surface area contributed by atoms with Crippen molar-refractivity contribution in [3.63, 3.8) is 0 Å². The number of aromatic nitrogens is 1. The molecule has 5 rings (SSSR count). The van der Waals surface area contributed by atoms with E-state index in [1.54, 1.807) is 6.07 Å². The van der Waals surface area contributed by atoms with Crippen molar-refractivity contribution in [1.29, 1.82) is 0 Å². The van der Waals surface area contributed by atoms with Crippen molar-refractivity contribution in [2.75, 3.05) is 5.32 Å². The fraction of sp³-hybridized carbons (Fsp3) is 0.333. The second-order valence-electron chi connectivity index (χ2n) is 8.79. The molecule has 0 spiro atoms. The van der Waals surface area contributed by atoms with Gasteiger partial charge in [-0.1, -0.05) is 17.7 Å².